The van der Waals surface area contributed by atoms with Gasteiger partial charge in [0.1, 0.15) is 84.0 Å². The van der Waals surface area contributed by atoms with E-state index in [1.807, 2.05) is 0 Å². The number of carbonyl (C=O) groups is 16. The van der Waals surface area contributed by atoms with E-state index in [9.17, 15) is 92.7 Å². The van der Waals surface area contributed by atoms with Crippen LogP contribution in [0, 0.1) is 17.2 Å². The fraction of sp³-hybridized carbons (Fsp3) is 0.448. The molecular weight excluding hydrogens is 1750 g/mol. The van der Waals surface area contributed by atoms with Gasteiger partial charge in [0.25, 0.3) is 0 Å². The molecule has 43 nitrogen and oxygen atoms in total. The molecule has 0 fully saturated rings. The number of amides is 13. The minimum absolute atomic E-state index is 0.104. The number of fused-ring (bicyclic) bond motifs is 2. The lowest BCUT2D eigenvalue weighted by Crippen LogP contribution is -2.61. The second-order valence-electron chi connectivity index (χ2n) is 32.4. The fourth-order valence-electron chi connectivity index (χ4n) is 14.1. The predicted molar refractivity (Wildman–Crippen MR) is 490 cm³/mol. The molecule has 29 N–H and O–H groups in total. The summed E-state index contributed by atoms with van der Waals surface area (Å²) in [5, 5.41) is 94.2. The maximum absolute atomic E-state index is 15.2. The highest BCUT2D eigenvalue weighted by atomic mass is 32.1. The van der Waals surface area contributed by atoms with E-state index in [1.54, 1.807) is 88.6 Å². The smallest absolute Gasteiger partial charge is 0.326 e. The molecule has 132 heavy (non-hydrogen) atoms. The first kappa shape index (κ1) is 105. The monoisotopic (exact) mass is 1870 g/mol. The highest BCUT2D eigenvalue weighted by molar-refractivity contribution is 7.80. The molecule has 3 aromatic heterocycles. The summed E-state index contributed by atoms with van der Waals surface area (Å²) >= 11 is 8.71. The number of imidazole rings is 1. The molecule has 0 aliphatic carbocycles. The molecule has 0 saturated carbocycles. The van der Waals surface area contributed by atoms with Crippen molar-refractivity contribution in [3.63, 3.8) is 0 Å². The molecule has 0 radical (unpaired) electrons. The van der Waals surface area contributed by atoms with Gasteiger partial charge in [0.05, 0.1) is 18.9 Å². The summed E-state index contributed by atoms with van der Waals surface area (Å²) in [6.45, 7) is 5.88. The highest BCUT2D eigenvalue weighted by Gasteiger charge is 2.39. The van der Waals surface area contributed by atoms with Crippen LogP contribution in [-0.4, -0.2) is 256 Å². The molecule has 0 aliphatic heterocycles. The van der Waals surface area contributed by atoms with Gasteiger partial charge in [0, 0.05) is 109 Å². The van der Waals surface area contributed by atoms with Crippen molar-refractivity contribution in [2.75, 3.05) is 31.1 Å². The number of nitrogens with zero attached hydrogens (tertiary/aromatic N) is 1. The van der Waals surface area contributed by atoms with Gasteiger partial charge >= 0.3 is 17.9 Å². The van der Waals surface area contributed by atoms with Crippen molar-refractivity contribution in [2.24, 2.45) is 29.0 Å². The van der Waals surface area contributed by atoms with Crippen molar-refractivity contribution in [1.29, 1.82) is 5.41 Å². The van der Waals surface area contributed by atoms with Crippen molar-refractivity contribution in [2.45, 2.75) is 203 Å². The first-order valence-corrected chi connectivity index (χ1v) is 44.1. The van der Waals surface area contributed by atoms with Crippen molar-refractivity contribution < 1.29 is 102 Å². The number of aliphatic carboxylic acids is 3. The molecule has 0 unspecified atom stereocenters. The third kappa shape index (κ3) is 34.2. The van der Waals surface area contributed by atoms with Gasteiger partial charge in [-0.1, -0.05) is 88.4 Å². The number of unbranched alkanes of at least 4 members (excludes halogenated alkanes) is 1. The zero-order chi connectivity index (χ0) is 96.8. The molecule has 0 aliphatic rings. The van der Waals surface area contributed by atoms with Crippen LogP contribution in [0.1, 0.15) is 120 Å². The average Bonchev–Trinajstić information content (AvgIpc) is 1.66. The zero-order valence-corrected chi connectivity index (χ0v) is 75.0. The van der Waals surface area contributed by atoms with Gasteiger partial charge in [-0.15, -0.1) is 0 Å². The number of carboxylic acids is 3. The summed E-state index contributed by atoms with van der Waals surface area (Å²) in [5.74, 6) is -19.1. The Morgan fingerprint density at radius 3 is 1.30 bits per heavy atom. The number of aromatic amines is 3. The number of rotatable bonds is 56. The molecule has 714 valence electrons. The van der Waals surface area contributed by atoms with E-state index in [0.29, 0.717) is 56.2 Å². The normalized spacial score (nSPS) is 14.2. The number of thiol groups is 2. The van der Waals surface area contributed by atoms with Crippen LogP contribution in [0.4, 0.5) is 0 Å². The lowest BCUT2D eigenvalue weighted by atomic mass is 10.0. The number of nitrogens with one attached hydrogen (secondary N) is 18. The number of hydrogen-bond donors (Lipinski definition) is 28. The Kier molecular flexibility index (Phi) is 42.0. The van der Waals surface area contributed by atoms with Crippen LogP contribution in [-0.2, 0) is 109 Å². The second kappa shape index (κ2) is 52.7. The van der Waals surface area contributed by atoms with E-state index in [1.165, 1.54) is 61.1 Å². The van der Waals surface area contributed by atoms with Crippen LogP contribution in [0.2, 0.25) is 0 Å². The number of H-pyrrole nitrogens is 3. The van der Waals surface area contributed by atoms with E-state index >= 15 is 9.59 Å². The Morgan fingerprint density at radius 1 is 0.432 bits per heavy atom. The summed E-state index contributed by atoms with van der Waals surface area (Å²) in [6.07, 6.45) is 2.92. The van der Waals surface area contributed by atoms with Crippen LogP contribution in [0.5, 0.6) is 11.5 Å². The third-order valence-corrected chi connectivity index (χ3v) is 21.9. The number of para-hydroxylation sites is 2. The van der Waals surface area contributed by atoms with Crippen molar-refractivity contribution >= 4 is 148 Å². The Morgan fingerprint density at radius 2 is 0.841 bits per heavy atom. The van der Waals surface area contributed by atoms with E-state index < -0.39 is 216 Å². The first-order chi connectivity index (χ1) is 62.8. The lowest BCUT2D eigenvalue weighted by molar-refractivity contribution is -0.142. The Labute approximate surface area is 770 Å². The molecule has 13 amide bonds. The molecule has 0 bridgehead atoms. The van der Waals surface area contributed by atoms with Crippen molar-refractivity contribution in [3.8, 4) is 11.5 Å². The number of guanidine groups is 1. The molecular formula is C87H118N22O21S2. The van der Waals surface area contributed by atoms with Gasteiger partial charge in [-0.2, -0.15) is 25.3 Å². The topological polar surface area (TPSA) is 705 Å². The average molecular weight is 1870 g/mol. The summed E-state index contributed by atoms with van der Waals surface area (Å²) in [7, 11) is 0. The number of phenols is 2. The van der Waals surface area contributed by atoms with Gasteiger partial charge in [0.2, 0.25) is 76.8 Å². The molecule has 0 spiro atoms. The van der Waals surface area contributed by atoms with Crippen LogP contribution >= 0.6 is 25.3 Å². The predicted octanol–water partition coefficient (Wildman–Crippen LogP) is -1.67. The van der Waals surface area contributed by atoms with Crippen molar-refractivity contribution in [3.05, 3.63) is 150 Å². The molecule has 3 heterocycles. The summed E-state index contributed by atoms with van der Waals surface area (Å²) < 4.78 is 0. The summed E-state index contributed by atoms with van der Waals surface area (Å²) in [5.41, 5.74) is 20.8. The van der Waals surface area contributed by atoms with Crippen LogP contribution in [0.15, 0.2) is 122 Å². The zero-order valence-electron chi connectivity index (χ0n) is 73.2. The van der Waals surface area contributed by atoms with Crippen molar-refractivity contribution in [1.82, 2.24) is 94.4 Å². The van der Waals surface area contributed by atoms with Crippen LogP contribution in [0.3, 0.4) is 0 Å². The Hall–Kier alpha value is -13.8. The molecule has 4 aromatic carbocycles. The first-order valence-electron chi connectivity index (χ1n) is 42.8. The largest absolute Gasteiger partial charge is 0.508 e. The number of carboxylic acid groups (broad SMARTS) is 3. The van der Waals surface area contributed by atoms with E-state index in [-0.39, 0.29) is 107 Å². The number of aromatic hydroxyl groups is 2. The number of nitrogens with two attached hydrogens (primary N) is 3. The van der Waals surface area contributed by atoms with E-state index in [4.69, 9.17) is 22.6 Å². The second-order valence-corrected chi connectivity index (χ2v) is 33.1. The number of benzene rings is 4. The SMILES string of the molecule is CC(C)C[C@H](NC(=O)CNC(=O)[C@H](Cc1c[nH]c2ccccc12)NC(=O)[C@H](Cc1ccc(O)cc1)NC(=O)[C@H](CCCCN)NC(=O)[C@H](CS)NC(=O)[C@H](Cc1c[nH]c2ccccc12)NC(=O)[C@H](Cc1ccc(O)cc1)NC(=O)[C@@H](N)CCC(=O)O)C(=O)N[C@@H](CCC(=O)O)C(=O)N[C@@H](CS)C(=O)N[C@H](C(=O)N[C@@H](Cc1cnc[nH]1)C(=O)N[C@@H](CCCNC(=N)N)C(=O)O)C(C)C. The minimum Gasteiger partial charge on any atom is -0.508 e. The molecule has 45 heteroatoms. The Bertz CT molecular complexity index is 5130. The van der Waals surface area contributed by atoms with Gasteiger partial charge in [0.15, 0.2) is 5.96 Å². The standard InChI is InChI=1S/C87H118N22O21S2/c1-45(2)32-62(78(121)100-60(27-29-72(115)116)77(120)107-69(43-132)84(127)109-73(46(3)4)85(128)106-67(37-51-40-92-44-97-51)82(125)101-61(86(129)130)17-11-31-93-87(90)91)98-70(112)41-96-75(118)65(35-49-38-94-57-14-7-5-12-54(49)57)104-80(123)64(34-48-20-24-53(111)25-21-48)103-76(119)59(16-9-10-30-88)99-83(126)68(42-131)108-81(124)66(36-50-39-95-58-15-8-6-13-55(50)58)105-79(122)63(33-47-18-22-52(110)23-19-47)102-74(117)56(89)26-28-71(113)114/h5-8,12-15,18-25,38-40,44-46,56,59-69,73,94-95,110-111,131-132H,9-11,16-17,26-37,41-43,88-89H2,1-4H3,(H,92,97)(H,96,118)(H,98,112)(H,99,126)(H,100,121)(H,101,125)(H,102,117)(H,103,119)(H,104,123)(H,105,122)(H,106,128)(H,107,120)(H,108,124)(H,109,127)(H,113,114)(H,115,116)(H,129,130)(H4,90,91,93)/t56-,59-,60-,61-,62-,63-,64-,65-,66-,67-,68-,69-,73-/m0/s1. The summed E-state index contributed by atoms with van der Waals surface area (Å²) in [4.78, 5) is 237. The number of hydrogen-bond acceptors (Lipinski definition) is 24. The van der Waals surface area contributed by atoms with E-state index in [0.717, 1.165) is 0 Å². The van der Waals surface area contributed by atoms with Crippen LogP contribution in [0.25, 0.3) is 21.8 Å². The number of phenolic OH excluding ortho intramolecular Hbond substituents is 2. The molecule has 7 aromatic rings. The van der Waals surface area contributed by atoms with E-state index in [2.05, 4.69) is 120 Å². The molecule has 13 atom stereocenters. The minimum atomic E-state index is -1.72. The lowest BCUT2D eigenvalue weighted by Gasteiger charge is -2.28. The van der Waals surface area contributed by atoms with Gasteiger partial charge in [-0.25, -0.2) is 9.78 Å². The highest BCUT2D eigenvalue weighted by Crippen LogP contribution is 2.24. The maximum Gasteiger partial charge on any atom is 0.326 e. The number of carbonyl (C=O) groups excluding carboxylic acids is 13. The maximum atomic E-state index is 15.2. The quantitative estimate of drug-likeness (QED) is 0.00877. The summed E-state index contributed by atoms with van der Waals surface area (Å²) in [6, 6.07) is 5.49. The third-order valence-electron chi connectivity index (χ3n) is 21.2. The molecule has 0 saturated heterocycles. The molecule has 7 rings (SSSR count). The number of aromatic nitrogens is 4. The fourth-order valence-corrected chi connectivity index (χ4v) is 14.6. The van der Waals surface area contributed by atoms with Gasteiger partial charge < -0.3 is 132 Å². The Balaban J connectivity index is 1.08. The van der Waals surface area contributed by atoms with Gasteiger partial charge in [-0.05, 0) is 128 Å². The van der Waals surface area contributed by atoms with Crippen LogP contribution < -0.4 is 91.6 Å². The van der Waals surface area contributed by atoms with Gasteiger partial charge in [-0.3, -0.25) is 77.3 Å².